The van der Waals surface area contributed by atoms with Crippen molar-refractivity contribution in [1.29, 1.82) is 0 Å². The molecule has 0 amide bonds. The summed E-state index contributed by atoms with van der Waals surface area (Å²) in [5, 5.41) is 0.622. The second-order valence-electron chi connectivity index (χ2n) is 4.04. The smallest absolute Gasteiger partial charge is 0.160 e. The van der Waals surface area contributed by atoms with E-state index in [9.17, 15) is 8.78 Å². The normalized spacial score (nSPS) is 12.3. The first kappa shape index (κ1) is 15.5. The summed E-state index contributed by atoms with van der Waals surface area (Å²) in [6.45, 7) is 0. The van der Waals surface area contributed by atoms with Crippen LogP contribution in [-0.2, 0) is 0 Å². The minimum absolute atomic E-state index is 0.118. The van der Waals surface area contributed by atoms with Crippen LogP contribution in [0.2, 0.25) is 10.0 Å². The first-order valence-electron chi connectivity index (χ1n) is 5.56. The molecule has 0 aliphatic carbocycles. The second kappa shape index (κ2) is 6.29. The second-order valence-corrected chi connectivity index (χ2v) is 5.80. The van der Waals surface area contributed by atoms with Gasteiger partial charge in [-0.25, -0.2) is 8.78 Å². The van der Waals surface area contributed by atoms with Crippen LogP contribution in [0, 0.1) is 11.6 Å². The van der Waals surface area contributed by atoms with Gasteiger partial charge in [0.15, 0.2) is 11.6 Å². The Labute approximate surface area is 133 Å². The Morgan fingerprint density at radius 3 is 2.35 bits per heavy atom. The summed E-state index contributed by atoms with van der Waals surface area (Å²) in [5.41, 5.74) is 1.07. The molecule has 0 spiro atoms. The van der Waals surface area contributed by atoms with E-state index in [1.165, 1.54) is 7.11 Å². The van der Waals surface area contributed by atoms with E-state index in [4.69, 9.17) is 27.9 Å². The Bertz CT molecular complexity index is 649. The summed E-state index contributed by atoms with van der Waals surface area (Å²) in [6.07, 6.45) is 0. The lowest BCUT2D eigenvalue weighted by Gasteiger charge is -2.16. The van der Waals surface area contributed by atoms with Gasteiger partial charge in [-0.15, -0.1) is 0 Å². The molecule has 0 heterocycles. The number of methoxy groups -OCH3 is 1. The molecule has 0 saturated heterocycles. The predicted molar refractivity (Wildman–Crippen MR) is 80.1 cm³/mol. The monoisotopic (exact) mass is 380 g/mol. The van der Waals surface area contributed by atoms with E-state index in [1.807, 2.05) is 0 Å². The average Bonchev–Trinajstić information content (AvgIpc) is 2.42. The van der Waals surface area contributed by atoms with Gasteiger partial charge >= 0.3 is 0 Å². The lowest BCUT2D eigenvalue weighted by molar-refractivity contribution is 0.410. The van der Waals surface area contributed by atoms with Crippen LogP contribution in [0.5, 0.6) is 5.75 Å². The van der Waals surface area contributed by atoms with E-state index in [2.05, 4.69) is 15.9 Å². The van der Waals surface area contributed by atoms with E-state index in [0.29, 0.717) is 21.9 Å². The molecular formula is C14H9BrCl2F2O. The van der Waals surface area contributed by atoms with Gasteiger partial charge in [-0.05, 0) is 35.9 Å². The lowest BCUT2D eigenvalue weighted by atomic mass is 10.0. The van der Waals surface area contributed by atoms with Crippen molar-refractivity contribution < 1.29 is 13.5 Å². The molecule has 0 aromatic heterocycles. The number of hydrogen-bond acceptors (Lipinski definition) is 1. The lowest BCUT2D eigenvalue weighted by Crippen LogP contribution is -2.00. The van der Waals surface area contributed by atoms with Crippen LogP contribution in [0.1, 0.15) is 16.0 Å². The largest absolute Gasteiger partial charge is 0.496 e. The molecule has 0 aliphatic heterocycles. The van der Waals surface area contributed by atoms with Crippen LogP contribution >= 0.6 is 39.1 Å². The molecule has 1 atom stereocenters. The number of rotatable bonds is 3. The molecule has 20 heavy (non-hydrogen) atoms. The Kier molecular flexibility index (Phi) is 4.89. The van der Waals surface area contributed by atoms with E-state index in [0.717, 1.165) is 12.1 Å². The molecule has 1 nitrogen and oxygen atoms in total. The van der Waals surface area contributed by atoms with Gasteiger partial charge in [0.2, 0.25) is 0 Å². The Balaban J connectivity index is 2.54. The minimum Gasteiger partial charge on any atom is -0.496 e. The summed E-state index contributed by atoms with van der Waals surface area (Å²) < 4.78 is 31.7. The minimum atomic E-state index is -0.989. The van der Waals surface area contributed by atoms with Crippen molar-refractivity contribution in [2.24, 2.45) is 0 Å². The quantitative estimate of drug-likeness (QED) is 0.484. The van der Waals surface area contributed by atoms with Crippen LogP contribution in [0.4, 0.5) is 8.78 Å². The number of ether oxygens (including phenoxy) is 1. The fourth-order valence-corrected chi connectivity index (χ4v) is 3.11. The molecule has 106 valence electrons. The number of alkyl halides is 1. The van der Waals surface area contributed by atoms with E-state index in [-0.39, 0.29) is 5.02 Å². The number of benzene rings is 2. The van der Waals surface area contributed by atoms with E-state index < -0.39 is 16.5 Å². The molecule has 0 bridgehead atoms. The van der Waals surface area contributed by atoms with Crippen molar-refractivity contribution in [3.8, 4) is 5.75 Å². The van der Waals surface area contributed by atoms with Crippen molar-refractivity contribution in [2.45, 2.75) is 4.83 Å². The molecule has 0 radical (unpaired) electrons. The van der Waals surface area contributed by atoms with Gasteiger partial charge in [-0.3, -0.25) is 0 Å². The highest BCUT2D eigenvalue weighted by molar-refractivity contribution is 9.09. The first-order valence-corrected chi connectivity index (χ1v) is 7.23. The van der Waals surface area contributed by atoms with Crippen LogP contribution in [0.15, 0.2) is 30.3 Å². The maximum absolute atomic E-state index is 13.4. The molecular weight excluding hydrogens is 373 g/mol. The van der Waals surface area contributed by atoms with Crippen molar-refractivity contribution in [2.75, 3.05) is 7.11 Å². The van der Waals surface area contributed by atoms with Crippen LogP contribution in [0.3, 0.4) is 0 Å². The zero-order valence-electron chi connectivity index (χ0n) is 10.3. The maximum atomic E-state index is 13.4. The van der Waals surface area contributed by atoms with Gasteiger partial charge in [0.05, 0.1) is 11.9 Å². The number of halogens is 5. The molecule has 1 unspecified atom stereocenters. The SMILES string of the molecule is COc1ccc(Cl)cc1C(Br)c1cc(F)c(F)cc1Cl. The molecule has 2 rings (SSSR count). The fourth-order valence-electron chi connectivity index (χ4n) is 1.80. The molecule has 2 aromatic rings. The zero-order valence-corrected chi connectivity index (χ0v) is 13.4. The van der Waals surface area contributed by atoms with Gasteiger partial charge in [-0.1, -0.05) is 39.1 Å². The van der Waals surface area contributed by atoms with Gasteiger partial charge in [0.1, 0.15) is 5.75 Å². The van der Waals surface area contributed by atoms with Gasteiger partial charge in [-0.2, -0.15) is 0 Å². The van der Waals surface area contributed by atoms with Gasteiger partial charge < -0.3 is 4.74 Å². The van der Waals surface area contributed by atoms with Gasteiger partial charge in [0, 0.05) is 15.6 Å². The summed E-state index contributed by atoms with van der Waals surface area (Å²) in [5.74, 6) is -1.39. The van der Waals surface area contributed by atoms with Crippen molar-refractivity contribution >= 4 is 39.1 Å². The van der Waals surface area contributed by atoms with Crippen molar-refractivity contribution in [1.82, 2.24) is 0 Å². The van der Waals surface area contributed by atoms with Crippen LogP contribution in [0.25, 0.3) is 0 Å². The molecule has 0 fully saturated rings. The fraction of sp³-hybridized carbons (Fsp3) is 0.143. The molecule has 0 saturated carbocycles. The standard InChI is InChI=1S/C14H9BrCl2F2O/c1-20-13-3-2-7(16)4-9(13)14(15)8-5-11(18)12(19)6-10(8)17/h2-6,14H,1H3. The molecule has 0 aliphatic rings. The zero-order chi connectivity index (χ0) is 14.9. The van der Waals surface area contributed by atoms with Crippen molar-refractivity contribution in [3.63, 3.8) is 0 Å². The predicted octanol–water partition coefficient (Wildman–Crippen LogP) is 5.76. The summed E-state index contributed by atoms with van der Waals surface area (Å²) in [4.78, 5) is -0.473. The Hall–Kier alpha value is -0.840. The third-order valence-electron chi connectivity index (χ3n) is 2.78. The number of hydrogen-bond donors (Lipinski definition) is 0. The van der Waals surface area contributed by atoms with Gasteiger partial charge in [0.25, 0.3) is 0 Å². The summed E-state index contributed by atoms with van der Waals surface area (Å²) in [7, 11) is 1.51. The highest BCUT2D eigenvalue weighted by Crippen LogP contribution is 2.41. The van der Waals surface area contributed by atoms with Crippen LogP contribution in [-0.4, -0.2) is 7.11 Å². The highest BCUT2D eigenvalue weighted by Gasteiger charge is 2.20. The first-order chi connectivity index (χ1) is 9.43. The Morgan fingerprint density at radius 2 is 1.70 bits per heavy atom. The topological polar surface area (TPSA) is 9.23 Å². The summed E-state index contributed by atoms with van der Waals surface area (Å²) in [6, 6.07) is 7.04. The highest BCUT2D eigenvalue weighted by atomic mass is 79.9. The van der Waals surface area contributed by atoms with Crippen LogP contribution < -0.4 is 4.74 Å². The van der Waals surface area contributed by atoms with E-state index in [1.54, 1.807) is 18.2 Å². The van der Waals surface area contributed by atoms with E-state index >= 15 is 0 Å². The summed E-state index contributed by atoms with van der Waals surface area (Å²) >= 11 is 15.3. The Morgan fingerprint density at radius 1 is 1.05 bits per heavy atom. The average molecular weight is 382 g/mol. The third-order valence-corrected chi connectivity index (χ3v) is 4.33. The molecule has 0 N–H and O–H groups in total. The molecule has 2 aromatic carbocycles. The third kappa shape index (κ3) is 3.08. The molecule has 6 heteroatoms. The maximum Gasteiger partial charge on any atom is 0.160 e. The van der Waals surface area contributed by atoms with Crippen molar-refractivity contribution in [3.05, 3.63) is 63.1 Å².